The summed E-state index contributed by atoms with van der Waals surface area (Å²) < 4.78 is 2.68. The van der Waals surface area contributed by atoms with Gasteiger partial charge in [0, 0.05) is 0 Å². The fraction of sp³-hybridized carbons (Fsp3) is 0.500. The molecule has 2 unspecified atom stereocenters. The molecule has 1 aromatic rings. The van der Waals surface area contributed by atoms with Crippen molar-refractivity contribution in [3.63, 3.8) is 0 Å². The van der Waals surface area contributed by atoms with Crippen molar-refractivity contribution in [2.75, 3.05) is 6.61 Å². The van der Waals surface area contributed by atoms with E-state index in [1.807, 2.05) is 44.2 Å². The normalized spacial score (nSPS) is 25.1. The lowest BCUT2D eigenvalue weighted by Crippen LogP contribution is -2.72. The second-order valence-electron chi connectivity index (χ2n) is 7.30. The summed E-state index contributed by atoms with van der Waals surface area (Å²) >= 11 is 18.2. The van der Waals surface area contributed by atoms with Crippen molar-refractivity contribution in [3.05, 3.63) is 35.9 Å². The Balaban J connectivity index is 1.59. The molecule has 1 aromatic carbocycles. The van der Waals surface area contributed by atoms with Gasteiger partial charge in [0.2, 0.25) is 9.70 Å². The molecule has 0 aromatic heterocycles. The van der Waals surface area contributed by atoms with E-state index in [1.54, 1.807) is 0 Å². The van der Waals surface area contributed by atoms with Gasteiger partial charge in [-0.25, -0.2) is 4.79 Å². The van der Waals surface area contributed by atoms with Gasteiger partial charge in [-0.15, -0.1) is 11.8 Å². The summed E-state index contributed by atoms with van der Waals surface area (Å²) in [5.74, 6) is -0.493. The molecule has 3 amide bonds. The number of fused-ring (bicyclic) bond motifs is 1. The van der Waals surface area contributed by atoms with Crippen LogP contribution in [0.4, 0.5) is 4.79 Å². The standard InChI is InChI=1S/C18H20Cl3N3O4S/c1-17(2)15(23-16(27)28-9-18(19,20)21)24-13(26)12(14(24)29-17)22-11(25)8-10-6-4-3-5-7-10/h3-7,12,14-15H,8-9H2,1-2H3,(H,22,25)(H,23,27)/t12?,14-,15?/m1/s1. The van der Waals surface area contributed by atoms with Gasteiger partial charge in [0.05, 0.1) is 11.2 Å². The zero-order valence-corrected chi connectivity index (χ0v) is 18.7. The first-order valence-corrected chi connectivity index (χ1v) is 10.8. The minimum atomic E-state index is -1.72. The Morgan fingerprint density at radius 1 is 1.21 bits per heavy atom. The minimum absolute atomic E-state index is 0.191. The van der Waals surface area contributed by atoms with Crippen LogP contribution < -0.4 is 10.6 Å². The van der Waals surface area contributed by atoms with Crippen LogP contribution in [0.25, 0.3) is 0 Å². The van der Waals surface area contributed by atoms with Gasteiger partial charge in [-0.3, -0.25) is 14.9 Å². The molecule has 0 radical (unpaired) electrons. The molecule has 2 heterocycles. The first kappa shape index (κ1) is 22.3. The Bertz CT molecular complexity index is 803. The monoisotopic (exact) mass is 479 g/mol. The van der Waals surface area contributed by atoms with Crippen molar-refractivity contribution in [3.8, 4) is 0 Å². The molecule has 7 nitrogen and oxygen atoms in total. The summed E-state index contributed by atoms with van der Waals surface area (Å²) in [6.45, 7) is 3.37. The number of β-lactam (4-membered cyclic amide) rings is 1. The zero-order chi connectivity index (χ0) is 21.4. The highest BCUT2D eigenvalue weighted by molar-refractivity contribution is 8.01. The number of amides is 3. The van der Waals surface area contributed by atoms with Crippen molar-refractivity contribution in [2.24, 2.45) is 0 Å². The molecule has 3 rings (SSSR count). The van der Waals surface area contributed by atoms with Crippen LogP contribution in [0.15, 0.2) is 30.3 Å². The number of thioether (sulfide) groups is 1. The lowest BCUT2D eigenvalue weighted by atomic mass is 10.0. The van der Waals surface area contributed by atoms with Gasteiger partial charge in [0.1, 0.15) is 24.2 Å². The molecule has 0 spiro atoms. The number of nitrogens with one attached hydrogen (secondary N) is 2. The number of hydrogen-bond donors (Lipinski definition) is 2. The number of nitrogens with zero attached hydrogens (tertiary/aromatic N) is 1. The van der Waals surface area contributed by atoms with Gasteiger partial charge in [-0.1, -0.05) is 65.1 Å². The van der Waals surface area contributed by atoms with Crippen molar-refractivity contribution in [1.82, 2.24) is 15.5 Å². The summed E-state index contributed by atoms with van der Waals surface area (Å²) in [6.07, 6.45) is -1.22. The van der Waals surface area contributed by atoms with Crippen LogP contribution >= 0.6 is 46.6 Å². The fourth-order valence-corrected chi connectivity index (χ4v) is 5.03. The molecular formula is C18H20Cl3N3O4S. The van der Waals surface area contributed by atoms with E-state index in [-0.39, 0.29) is 23.6 Å². The van der Waals surface area contributed by atoms with E-state index in [1.165, 1.54) is 16.7 Å². The van der Waals surface area contributed by atoms with Gasteiger partial charge in [0.15, 0.2) is 0 Å². The van der Waals surface area contributed by atoms with Crippen LogP contribution in [0.2, 0.25) is 0 Å². The topological polar surface area (TPSA) is 87.7 Å². The molecule has 0 aliphatic carbocycles. The number of ether oxygens (including phenoxy) is 1. The van der Waals surface area contributed by atoms with Crippen LogP contribution in [0.3, 0.4) is 0 Å². The van der Waals surface area contributed by atoms with Crippen LogP contribution in [0.1, 0.15) is 19.4 Å². The second-order valence-corrected chi connectivity index (χ2v) is 11.6. The smallest absolute Gasteiger partial charge is 0.408 e. The van der Waals surface area contributed by atoms with Gasteiger partial charge in [-0.2, -0.15) is 0 Å². The highest BCUT2D eigenvalue weighted by Crippen LogP contribution is 2.49. The third-order valence-corrected chi connectivity index (χ3v) is 6.49. The van der Waals surface area contributed by atoms with E-state index in [0.717, 1.165) is 5.56 Å². The van der Waals surface area contributed by atoms with Crippen LogP contribution in [-0.2, 0) is 20.7 Å². The molecule has 0 saturated carbocycles. The Morgan fingerprint density at radius 2 is 1.86 bits per heavy atom. The van der Waals surface area contributed by atoms with Crippen molar-refractivity contribution < 1.29 is 19.1 Å². The third kappa shape index (κ3) is 5.23. The highest BCUT2D eigenvalue weighted by Gasteiger charge is 2.62. The lowest BCUT2D eigenvalue weighted by molar-refractivity contribution is -0.151. The fourth-order valence-electron chi connectivity index (χ4n) is 3.28. The number of carbonyl (C=O) groups excluding carboxylic acids is 3. The molecular weight excluding hydrogens is 461 g/mol. The number of hydrogen-bond acceptors (Lipinski definition) is 5. The molecule has 2 N–H and O–H groups in total. The number of carbonyl (C=O) groups is 3. The molecule has 2 aliphatic heterocycles. The Hall–Kier alpha value is -1.35. The number of benzene rings is 1. The SMILES string of the molecule is CC1(C)S[C@@H]2C(NC(=O)Cc3ccccc3)C(=O)N2C1NC(=O)OCC(Cl)(Cl)Cl. The van der Waals surface area contributed by atoms with Crippen molar-refractivity contribution in [1.29, 1.82) is 0 Å². The van der Waals surface area contributed by atoms with Gasteiger partial charge in [0.25, 0.3) is 5.91 Å². The van der Waals surface area contributed by atoms with E-state index in [0.29, 0.717) is 0 Å². The molecule has 2 saturated heterocycles. The number of alkyl halides is 3. The summed E-state index contributed by atoms with van der Waals surface area (Å²) in [4.78, 5) is 38.6. The molecule has 3 atom stereocenters. The largest absolute Gasteiger partial charge is 0.445 e. The first-order chi connectivity index (χ1) is 13.5. The van der Waals surface area contributed by atoms with Gasteiger partial charge in [-0.05, 0) is 19.4 Å². The summed E-state index contributed by atoms with van der Waals surface area (Å²) in [5.41, 5.74) is 0.865. The highest BCUT2D eigenvalue weighted by atomic mass is 35.6. The van der Waals surface area contributed by atoms with E-state index < -0.39 is 33.4 Å². The van der Waals surface area contributed by atoms with Crippen molar-refractivity contribution in [2.45, 2.75) is 46.4 Å². The minimum Gasteiger partial charge on any atom is -0.445 e. The molecule has 0 bridgehead atoms. The molecule has 2 fully saturated rings. The molecule has 2 aliphatic rings. The lowest BCUT2D eigenvalue weighted by Gasteiger charge is -2.44. The van der Waals surface area contributed by atoms with E-state index >= 15 is 0 Å². The predicted molar refractivity (Wildman–Crippen MR) is 113 cm³/mol. The summed E-state index contributed by atoms with van der Waals surface area (Å²) in [5, 5.41) is 5.17. The molecule has 11 heteroatoms. The summed E-state index contributed by atoms with van der Waals surface area (Å²) in [6, 6.07) is 8.64. The Morgan fingerprint density at radius 3 is 2.48 bits per heavy atom. The number of rotatable bonds is 5. The number of alkyl carbamates (subject to hydrolysis) is 1. The maximum absolute atomic E-state index is 12.7. The summed E-state index contributed by atoms with van der Waals surface area (Å²) in [7, 11) is 0. The predicted octanol–water partition coefficient (Wildman–Crippen LogP) is 2.83. The zero-order valence-electron chi connectivity index (χ0n) is 15.7. The maximum atomic E-state index is 12.7. The average molecular weight is 481 g/mol. The van der Waals surface area contributed by atoms with Gasteiger partial charge < -0.3 is 15.0 Å². The maximum Gasteiger partial charge on any atom is 0.408 e. The quantitative estimate of drug-likeness (QED) is 0.500. The Labute approximate surface area is 187 Å². The second kappa shape index (κ2) is 8.41. The van der Waals surface area contributed by atoms with Crippen molar-refractivity contribution >= 4 is 64.5 Å². The molecule has 29 heavy (non-hydrogen) atoms. The average Bonchev–Trinajstić information content (AvgIpc) is 2.86. The number of halogens is 3. The molecule has 158 valence electrons. The van der Waals surface area contributed by atoms with Crippen LogP contribution in [-0.4, -0.2) is 55.5 Å². The van der Waals surface area contributed by atoms with Crippen LogP contribution in [0, 0.1) is 0 Å². The van der Waals surface area contributed by atoms with Crippen LogP contribution in [0.5, 0.6) is 0 Å². The first-order valence-electron chi connectivity index (χ1n) is 8.81. The van der Waals surface area contributed by atoms with E-state index in [9.17, 15) is 14.4 Å². The van der Waals surface area contributed by atoms with Gasteiger partial charge >= 0.3 is 6.09 Å². The Kier molecular flexibility index (Phi) is 6.48. The van der Waals surface area contributed by atoms with E-state index in [4.69, 9.17) is 39.5 Å². The van der Waals surface area contributed by atoms with E-state index in [2.05, 4.69) is 10.6 Å². The third-order valence-electron chi connectivity index (χ3n) is 4.59.